The molecule has 0 N–H and O–H groups in total. The van der Waals surface area contributed by atoms with Gasteiger partial charge in [0.15, 0.2) is 5.16 Å². The lowest BCUT2D eigenvalue weighted by molar-refractivity contribution is -0.126. The molecule has 1 aliphatic carbocycles. The molecule has 160 valence electrons. The van der Waals surface area contributed by atoms with E-state index in [1.807, 2.05) is 36.1 Å². The SMILES string of the molecule is CCN(C(=O)CSc1nc2ccccc2c(=O)n1CC1CCCO1)C1=CCCCC1. The van der Waals surface area contributed by atoms with Gasteiger partial charge in [0.1, 0.15) is 0 Å². The first-order valence-electron chi connectivity index (χ1n) is 10.9. The van der Waals surface area contributed by atoms with Crippen LogP contribution in [0.15, 0.2) is 46.0 Å². The van der Waals surface area contributed by atoms with Crippen molar-refractivity contribution in [2.45, 2.75) is 63.3 Å². The van der Waals surface area contributed by atoms with Gasteiger partial charge in [0.25, 0.3) is 5.56 Å². The van der Waals surface area contributed by atoms with Gasteiger partial charge < -0.3 is 9.64 Å². The van der Waals surface area contributed by atoms with E-state index in [0.29, 0.717) is 29.1 Å². The number of amides is 1. The molecule has 1 atom stereocenters. The molecule has 1 unspecified atom stereocenters. The number of fused-ring (bicyclic) bond motifs is 1. The number of hydrogen-bond acceptors (Lipinski definition) is 5. The third-order valence-electron chi connectivity index (χ3n) is 5.79. The third-order valence-corrected chi connectivity index (χ3v) is 6.75. The van der Waals surface area contributed by atoms with Crippen LogP contribution in [0.4, 0.5) is 0 Å². The van der Waals surface area contributed by atoms with Crippen LogP contribution in [0.2, 0.25) is 0 Å². The number of carbonyl (C=O) groups is 1. The van der Waals surface area contributed by atoms with Crippen LogP contribution >= 0.6 is 11.8 Å². The van der Waals surface area contributed by atoms with Gasteiger partial charge in [0.05, 0.1) is 29.3 Å². The molecule has 1 aromatic carbocycles. The summed E-state index contributed by atoms with van der Waals surface area (Å²) in [5.41, 5.74) is 1.74. The summed E-state index contributed by atoms with van der Waals surface area (Å²) in [4.78, 5) is 32.8. The number of nitrogens with zero attached hydrogens (tertiary/aromatic N) is 3. The lowest BCUT2D eigenvalue weighted by Gasteiger charge is -2.26. The van der Waals surface area contributed by atoms with Crippen molar-refractivity contribution in [3.8, 4) is 0 Å². The van der Waals surface area contributed by atoms with Crippen molar-refractivity contribution in [1.29, 1.82) is 0 Å². The second kappa shape index (κ2) is 9.79. The van der Waals surface area contributed by atoms with E-state index in [4.69, 9.17) is 9.72 Å². The van der Waals surface area contributed by atoms with E-state index in [9.17, 15) is 9.59 Å². The first kappa shape index (κ1) is 21.1. The number of aromatic nitrogens is 2. The summed E-state index contributed by atoms with van der Waals surface area (Å²) in [5, 5.41) is 1.20. The Labute approximate surface area is 181 Å². The molecular weight excluding hydrogens is 398 g/mol. The predicted molar refractivity (Wildman–Crippen MR) is 120 cm³/mol. The molecule has 0 radical (unpaired) electrons. The fourth-order valence-electron chi connectivity index (χ4n) is 4.22. The molecule has 7 heteroatoms. The lowest BCUT2D eigenvalue weighted by atomic mass is 10.0. The Morgan fingerprint density at radius 2 is 2.17 bits per heavy atom. The Hall–Kier alpha value is -2.12. The molecule has 0 spiro atoms. The normalized spacial score (nSPS) is 19.1. The molecule has 1 aromatic heterocycles. The van der Waals surface area contributed by atoms with Crippen LogP contribution < -0.4 is 5.56 Å². The lowest BCUT2D eigenvalue weighted by Crippen LogP contribution is -2.33. The standard InChI is InChI=1S/C23H29N3O3S/c1-2-25(17-9-4-3-5-10-17)21(27)16-30-23-24-20-13-7-6-12-19(20)22(28)26(23)15-18-11-8-14-29-18/h6-7,9,12-13,18H,2-5,8,10-11,14-16H2,1H3. The van der Waals surface area contributed by atoms with Gasteiger partial charge in [-0.3, -0.25) is 14.2 Å². The average Bonchev–Trinajstić information content (AvgIpc) is 3.29. The average molecular weight is 428 g/mol. The topological polar surface area (TPSA) is 64.4 Å². The van der Waals surface area contributed by atoms with Crippen molar-refractivity contribution in [3.63, 3.8) is 0 Å². The van der Waals surface area contributed by atoms with Gasteiger partial charge in [-0.25, -0.2) is 4.98 Å². The number of para-hydroxylation sites is 1. The maximum absolute atomic E-state index is 13.2. The van der Waals surface area contributed by atoms with Gasteiger partial charge in [0.2, 0.25) is 5.91 Å². The Balaban J connectivity index is 1.58. The number of rotatable bonds is 7. The number of hydrogen-bond donors (Lipinski definition) is 0. The van der Waals surface area contributed by atoms with Crippen molar-refractivity contribution >= 4 is 28.6 Å². The molecule has 2 heterocycles. The largest absolute Gasteiger partial charge is 0.376 e. The summed E-state index contributed by atoms with van der Waals surface area (Å²) in [6.45, 7) is 3.90. The van der Waals surface area contributed by atoms with Crippen LogP contribution in [0.1, 0.15) is 45.4 Å². The van der Waals surface area contributed by atoms with Crippen molar-refractivity contribution in [2.24, 2.45) is 0 Å². The van der Waals surface area contributed by atoms with Gasteiger partial charge in [-0.2, -0.15) is 0 Å². The molecule has 1 saturated heterocycles. The summed E-state index contributed by atoms with van der Waals surface area (Å²) in [7, 11) is 0. The Morgan fingerprint density at radius 3 is 2.90 bits per heavy atom. The maximum atomic E-state index is 13.2. The molecule has 4 rings (SSSR count). The first-order valence-corrected chi connectivity index (χ1v) is 11.9. The molecule has 1 amide bonds. The number of ether oxygens (including phenoxy) is 1. The van der Waals surface area contributed by atoms with E-state index in [2.05, 4.69) is 6.08 Å². The van der Waals surface area contributed by atoms with Gasteiger partial charge >= 0.3 is 0 Å². The predicted octanol–water partition coefficient (Wildman–Crippen LogP) is 3.97. The van der Waals surface area contributed by atoms with E-state index in [1.165, 1.54) is 18.2 Å². The maximum Gasteiger partial charge on any atom is 0.262 e. The Morgan fingerprint density at radius 1 is 1.30 bits per heavy atom. The van der Waals surface area contributed by atoms with Gasteiger partial charge in [0, 0.05) is 18.8 Å². The van der Waals surface area contributed by atoms with Crippen molar-refractivity contribution in [1.82, 2.24) is 14.5 Å². The van der Waals surface area contributed by atoms with Gasteiger partial charge in [-0.15, -0.1) is 0 Å². The van der Waals surface area contributed by atoms with E-state index in [1.54, 1.807) is 4.57 Å². The molecule has 0 saturated carbocycles. The summed E-state index contributed by atoms with van der Waals surface area (Å²) in [6, 6.07) is 7.40. The van der Waals surface area contributed by atoms with Crippen LogP contribution in [0, 0.1) is 0 Å². The second-order valence-electron chi connectivity index (χ2n) is 7.83. The van der Waals surface area contributed by atoms with Gasteiger partial charge in [-0.1, -0.05) is 30.0 Å². The quantitative estimate of drug-likeness (QED) is 0.494. The van der Waals surface area contributed by atoms with E-state index >= 15 is 0 Å². The summed E-state index contributed by atoms with van der Waals surface area (Å²) in [5.74, 6) is 0.336. The number of benzene rings is 1. The highest BCUT2D eigenvalue weighted by atomic mass is 32.2. The Bertz CT molecular complexity index is 995. The fourth-order valence-corrected chi connectivity index (χ4v) is 5.11. The van der Waals surface area contributed by atoms with Crippen molar-refractivity contribution in [2.75, 3.05) is 18.9 Å². The minimum atomic E-state index is -0.0617. The van der Waals surface area contributed by atoms with Crippen molar-refractivity contribution in [3.05, 3.63) is 46.4 Å². The van der Waals surface area contributed by atoms with Crippen LogP contribution in [-0.2, 0) is 16.1 Å². The number of allylic oxidation sites excluding steroid dienone is 2. The van der Waals surface area contributed by atoms with Crippen LogP contribution in [0.25, 0.3) is 10.9 Å². The highest BCUT2D eigenvalue weighted by Crippen LogP contribution is 2.24. The Kier molecular flexibility index (Phi) is 6.89. The van der Waals surface area contributed by atoms with E-state index in [0.717, 1.165) is 44.4 Å². The minimum absolute atomic E-state index is 0.0280. The minimum Gasteiger partial charge on any atom is -0.376 e. The smallest absolute Gasteiger partial charge is 0.262 e. The zero-order chi connectivity index (χ0) is 20.9. The molecule has 0 bridgehead atoms. The number of thioether (sulfide) groups is 1. The van der Waals surface area contributed by atoms with Crippen LogP contribution in [0.3, 0.4) is 0 Å². The highest BCUT2D eigenvalue weighted by Gasteiger charge is 2.22. The highest BCUT2D eigenvalue weighted by molar-refractivity contribution is 7.99. The first-order chi connectivity index (χ1) is 14.7. The molecule has 6 nitrogen and oxygen atoms in total. The molecular formula is C23H29N3O3S. The summed E-state index contributed by atoms with van der Waals surface area (Å²) >= 11 is 1.35. The molecule has 2 aliphatic rings. The zero-order valence-corrected chi connectivity index (χ0v) is 18.3. The van der Waals surface area contributed by atoms with Crippen LogP contribution in [0.5, 0.6) is 0 Å². The van der Waals surface area contributed by atoms with E-state index < -0.39 is 0 Å². The van der Waals surface area contributed by atoms with Crippen molar-refractivity contribution < 1.29 is 9.53 Å². The monoisotopic (exact) mass is 427 g/mol. The number of carbonyl (C=O) groups excluding carboxylic acids is 1. The summed E-state index contributed by atoms with van der Waals surface area (Å²) < 4.78 is 7.46. The summed E-state index contributed by atoms with van der Waals surface area (Å²) in [6.07, 6.45) is 8.51. The van der Waals surface area contributed by atoms with Gasteiger partial charge in [-0.05, 0) is 57.6 Å². The fraction of sp³-hybridized carbons (Fsp3) is 0.522. The van der Waals surface area contributed by atoms with E-state index in [-0.39, 0.29) is 23.3 Å². The second-order valence-corrected chi connectivity index (χ2v) is 8.77. The molecule has 1 aliphatic heterocycles. The van der Waals surface area contributed by atoms with Crippen LogP contribution in [-0.4, -0.2) is 45.4 Å². The molecule has 1 fully saturated rings. The molecule has 2 aromatic rings. The zero-order valence-electron chi connectivity index (χ0n) is 17.5. The molecule has 30 heavy (non-hydrogen) atoms. The third kappa shape index (κ3) is 4.62.